The standard InChI is InChI=1S/C20H12Cl6O2/c21-13-3-1-11(15(23)5-13)9-27-19-8-20(18(26)7-17(19)25)28-10-12-2-4-14(22)6-16(12)24/h1-8H,9-10H2. The molecule has 0 atom stereocenters. The van der Waals surface area contributed by atoms with Crippen LogP contribution in [0.25, 0.3) is 0 Å². The third-order valence-electron chi connectivity index (χ3n) is 3.78. The van der Waals surface area contributed by atoms with Crippen LogP contribution in [0.5, 0.6) is 11.5 Å². The molecule has 0 spiro atoms. The summed E-state index contributed by atoms with van der Waals surface area (Å²) in [6.45, 7) is 0.416. The normalized spacial score (nSPS) is 10.8. The Morgan fingerprint density at radius 2 is 0.929 bits per heavy atom. The van der Waals surface area contributed by atoms with Gasteiger partial charge in [-0.15, -0.1) is 0 Å². The van der Waals surface area contributed by atoms with E-state index in [0.717, 1.165) is 11.1 Å². The van der Waals surface area contributed by atoms with Crippen LogP contribution in [-0.2, 0) is 13.2 Å². The van der Waals surface area contributed by atoms with Gasteiger partial charge in [-0.1, -0.05) is 81.7 Å². The Bertz CT molecular complexity index is 929. The molecule has 0 heterocycles. The maximum Gasteiger partial charge on any atom is 0.142 e. The van der Waals surface area contributed by atoms with Crippen LogP contribution < -0.4 is 9.47 Å². The molecule has 0 unspecified atom stereocenters. The fraction of sp³-hybridized carbons (Fsp3) is 0.100. The lowest BCUT2D eigenvalue weighted by Gasteiger charge is -2.14. The first kappa shape index (κ1) is 21.7. The van der Waals surface area contributed by atoms with Gasteiger partial charge in [-0.2, -0.15) is 0 Å². The smallest absolute Gasteiger partial charge is 0.142 e. The first-order valence-corrected chi connectivity index (χ1v) is 10.2. The fourth-order valence-corrected chi connectivity index (χ4v) is 3.74. The van der Waals surface area contributed by atoms with Gasteiger partial charge in [0.1, 0.15) is 24.7 Å². The van der Waals surface area contributed by atoms with E-state index in [0.29, 0.717) is 41.6 Å². The monoisotopic (exact) mass is 494 g/mol. The van der Waals surface area contributed by atoms with Gasteiger partial charge in [0, 0.05) is 37.3 Å². The van der Waals surface area contributed by atoms with Gasteiger partial charge in [0.2, 0.25) is 0 Å². The van der Waals surface area contributed by atoms with Crippen LogP contribution >= 0.6 is 69.6 Å². The highest BCUT2D eigenvalue weighted by molar-refractivity contribution is 6.37. The molecule has 0 saturated heterocycles. The van der Waals surface area contributed by atoms with E-state index in [1.54, 1.807) is 48.5 Å². The molecule has 0 radical (unpaired) electrons. The molecule has 3 aromatic carbocycles. The van der Waals surface area contributed by atoms with Crippen molar-refractivity contribution in [2.45, 2.75) is 13.2 Å². The van der Waals surface area contributed by atoms with Crippen molar-refractivity contribution in [1.82, 2.24) is 0 Å². The number of rotatable bonds is 6. The van der Waals surface area contributed by atoms with Gasteiger partial charge in [0.25, 0.3) is 0 Å². The predicted molar refractivity (Wildman–Crippen MR) is 118 cm³/mol. The maximum atomic E-state index is 6.24. The quantitative estimate of drug-likeness (QED) is 0.339. The van der Waals surface area contributed by atoms with E-state index >= 15 is 0 Å². The van der Waals surface area contributed by atoms with Crippen LogP contribution in [0.2, 0.25) is 30.1 Å². The molecule has 0 fully saturated rings. The minimum atomic E-state index is 0.208. The maximum absolute atomic E-state index is 6.24. The van der Waals surface area contributed by atoms with Crippen molar-refractivity contribution >= 4 is 69.6 Å². The number of halogens is 6. The highest BCUT2D eigenvalue weighted by atomic mass is 35.5. The first-order valence-electron chi connectivity index (χ1n) is 7.96. The molecule has 0 aromatic heterocycles. The Morgan fingerprint density at radius 3 is 1.32 bits per heavy atom. The zero-order chi connectivity index (χ0) is 20.3. The number of benzene rings is 3. The second kappa shape index (κ2) is 9.67. The lowest BCUT2D eigenvalue weighted by Crippen LogP contribution is -2.00. The minimum Gasteiger partial charge on any atom is -0.487 e. The average molecular weight is 497 g/mol. The topological polar surface area (TPSA) is 18.5 Å². The van der Waals surface area contributed by atoms with E-state index in [2.05, 4.69) is 0 Å². The molecule has 146 valence electrons. The van der Waals surface area contributed by atoms with Gasteiger partial charge in [0.15, 0.2) is 0 Å². The molecule has 28 heavy (non-hydrogen) atoms. The average Bonchev–Trinajstić information content (AvgIpc) is 2.62. The highest BCUT2D eigenvalue weighted by Gasteiger charge is 2.12. The molecule has 0 bridgehead atoms. The van der Waals surface area contributed by atoms with Crippen LogP contribution in [0.4, 0.5) is 0 Å². The van der Waals surface area contributed by atoms with Crippen molar-refractivity contribution in [3.8, 4) is 11.5 Å². The summed E-state index contributed by atoms with van der Waals surface area (Å²) in [7, 11) is 0. The zero-order valence-electron chi connectivity index (χ0n) is 14.1. The summed E-state index contributed by atoms with van der Waals surface area (Å²) in [5.41, 5.74) is 1.54. The van der Waals surface area contributed by atoms with Gasteiger partial charge in [-0.05, 0) is 30.3 Å². The fourth-order valence-electron chi connectivity index (χ4n) is 2.32. The van der Waals surface area contributed by atoms with Crippen molar-refractivity contribution in [2.75, 3.05) is 0 Å². The van der Waals surface area contributed by atoms with E-state index in [1.165, 1.54) is 0 Å². The van der Waals surface area contributed by atoms with Gasteiger partial charge in [-0.25, -0.2) is 0 Å². The molecular formula is C20H12Cl6O2. The Hall–Kier alpha value is -1.000. The number of hydrogen-bond donors (Lipinski definition) is 0. The summed E-state index contributed by atoms with van der Waals surface area (Å²) >= 11 is 36.6. The molecule has 8 heteroatoms. The predicted octanol–water partition coefficient (Wildman–Crippen LogP) is 8.76. The lowest BCUT2D eigenvalue weighted by molar-refractivity contribution is 0.290. The molecule has 3 aromatic rings. The molecule has 0 saturated carbocycles. The minimum absolute atomic E-state index is 0.208. The Labute approximate surface area is 192 Å². The van der Waals surface area contributed by atoms with Crippen molar-refractivity contribution in [3.63, 3.8) is 0 Å². The summed E-state index contributed by atoms with van der Waals surface area (Å²) in [6, 6.07) is 13.5. The summed E-state index contributed by atoms with van der Waals surface area (Å²) in [6.07, 6.45) is 0. The van der Waals surface area contributed by atoms with E-state index in [1.807, 2.05) is 0 Å². The van der Waals surface area contributed by atoms with E-state index < -0.39 is 0 Å². The van der Waals surface area contributed by atoms with Gasteiger partial charge in [0.05, 0.1) is 10.0 Å². The zero-order valence-corrected chi connectivity index (χ0v) is 18.7. The third-order valence-corrected chi connectivity index (χ3v) is 5.55. The largest absolute Gasteiger partial charge is 0.487 e. The highest BCUT2D eigenvalue weighted by Crippen LogP contribution is 2.37. The van der Waals surface area contributed by atoms with Crippen LogP contribution in [0.3, 0.4) is 0 Å². The molecule has 0 amide bonds. The summed E-state index contributed by atoms with van der Waals surface area (Å²) in [5.74, 6) is 0.823. The third kappa shape index (κ3) is 5.54. The van der Waals surface area contributed by atoms with E-state index in [9.17, 15) is 0 Å². The molecule has 0 aliphatic carbocycles. The number of ether oxygens (including phenoxy) is 2. The molecule has 0 aliphatic rings. The van der Waals surface area contributed by atoms with Crippen molar-refractivity contribution < 1.29 is 9.47 Å². The molecule has 0 N–H and O–H groups in total. The van der Waals surface area contributed by atoms with Gasteiger partial charge >= 0.3 is 0 Å². The second-order valence-electron chi connectivity index (χ2n) is 5.76. The molecule has 3 rings (SSSR count). The Balaban J connectivity index is 1.74. The van der Waals surface area contributed by atoms with Gasteiger partial charge < -0.3 is 9.47 Å². The second-order valence-corrected chi connectivity index (χ2v) is 8.26. The summed E-state index contributed by atoms with van der Waals surface area (Å²) in [5, 5.41) is 2.82. The SMILES string of the molecule is Clc1ccc(COc2cc(OCc3ccc(Cl)cc3Cl)c(Cl)cc2Cl)c(Cl)c1. The summed E-state index contributed by atoms with van der Waals surface area (Å²) in [4.78, 5) is 0. The van der Waals surface area contributed by atoms with Crippen molar-refractivity contribution in [1.29, 1.82) is 0 Å². The Morgan fingerprint density at radius 1 is 0.500 bits per heavy atom. The number of hydrogen-bond acceptors (Lipinski definition) is 2. The van der Waals surface area contributed by atoms with Crippen LogP contribution in [0, 0.1) is 0 Å². The van der Waals surface area contributed by atoms with Crippen LogP contribution in [0.1, 0.15) is 11.1 Å². The van der Waals surface area contributed by atoms with Crippen molar-refractivity contribution in [3.05, 3.63) is 89.8 Å². The Kier molecular flexibility index (Phi) is 7.49. The first-order chi connectivity index (χ1) is 13.3. The molecule has 0 aliphatic heterocycles. The van der Waals surface area contributed by atoms with Crippen LogP contribution in [0.15, 0.2) is 48.5 Å². The van der Waals surface area contributed by atoms with Gasteiger partial charge in [-0.3, -0.25) is 0 Å². The lowest BCUT2D eigenvalue weighted by atomic mass is 10.2. The van der Waals surface area contributed by atoms with Crippen molar-refractivity contribution in [2.24, 2.45) is 0 Å². The van der Waals surface area contributed by atoms with E-state index in [4.69, 9.17) is 79.1 Å². The van der Waals surface area contributed by atoms with E-state index in [-0.39, 0.29) is 13.2 Å². The van der Waals surface area contributed by atoms with Crippen LogP contribution in [-0.4, -0.2) is 0 Å². The summed E-state index contributed by atoms with van der Waals surface area (Å²) < 4.78 is 11.6. The molecular weight excluding hydrogens is 485 g/mol. The molecule has 2 nitrogen and oxygen atoms in total.